The summed E-state index contributed by atoms with van der Waals surface area (Å²) in [6, 6.07) is 12.0. The van der Waals surface area contributed by atoms with E-state index in [1.165, 1.54) is 5.56 Å². The molecular formula is C18H20ClN3O. The van der Waals surface area contributed by atoms with Crippen LogP contribution >= 0.6 is 11.6 Å². The molecule has 0 radical (unpaired) electrons. The number of nitrogens with zero attached hydrogens (tertiary/aromatic N) is 2. The van der Waals surface area contributed by atoms with Crippen LogP contribution in [0.1, 0.15) is 16.1 Å². The lowest BCUT2D eigenvalue weighted by atomic mass is 10.2. The van der Waals surface area contributed by atoms with Gasteiger partial charge in [-0.2, -0.15) is 0 Å². The molecular weight excluding hydrogens is 310 g/mol. The number of nitrogens with one attached hydrogen (secondary N) is 1. The van der Waals surface area contributed by atoms with E-state index in [-0.39, 0.29) is 5.91 Å². The Morgan fingerprint density at radius 2 is 1.91 bits per heavy atom. The van der Waals surface area contributed by atoms with Gasteiger partial charge < -0.3 is 9.88 Å². The van der Waals surface area contributed by atoms with Crippen LogP contribution in [0.25, 0.3) is 6.08 Å². The van der Waals surface area contributed by atoms with E-state index >= 15 is 0 Å². The smallest absolute Gasteiger partial charge is 0.270 e. The van der Waals surface area contributed by atoms with Crippen LogP contribution < -0.4 is 0 Å². The van der Waals surface area contributed by atoms with Gasteiger partial charge in [0.1, 0.15) is 5.69 Å². The number of hydrogen-bond donors (Lipinski definition) is 1. The van der Waals surface area contributed by atoms with Gasteiger partial charge >= 0.3 is 0 Å². The quantitative estimate of drug-likeness (QED) is 0.936. The maximum Gasteiger partial charge on any atom is 0.270 e. The topological polar surface area (TPSA) is 39.3 Å². The van der Waals surface area contributed by atoms with Crippen LogP contribution in [0.15, 0.2) is 48.7 Å². The first-order chi connectivity index (χ1) is 11.2. The molecule has 1 fully saturated rings. The molecule has 1 aliphatic rings. The van der Waals surface area contributed by atoms with E-state index < -0.39 is 0 Å². The molecule has 2 aromatic rings. The molecule has 0 unspecified atom stereocenters. The first-order valence-electron chi connectivity index (χ1n) is 7.79. The normalized spacial score (nSPS) is 16.1. The zero-order valence-electron chi connectivity index (χ0n) is 12.9. The zero-order chi connectivity index (χ0) is 16.1. The van der Waals surface area contributed by atoms with Crippen molar-refractivity contribution in [3.05, 3.63) is 65.0 Å². The fourth-order valence-corrected chi connectivity index (χ4v) is 2.86. The third kappa shape index (κ3) is 4.24. The number of H-pyrrole nitrogens is 1. The van der Waals surface area contributed by atoms with Crippen molar-refractivity contribution in [2.24, 2.45) is 0 Å². The number of amides is 1. The Labute approximate surface area is 141 Å². The highest BCUT2D eigenvalue weighted by molar-refractivity contribution is 6.30. The van der Waals surface area contributed by atoms with E-state index in [0.717, 1.165) is 32.7 Å². The maximum absolute atomic E-state index is 12.3. The van der Waals surface area contributed by atoms with E-state index in [1.54, 1.807) is 12.3 Å². The summed E-state index contributed by atoms with van der Waals surface area (Å²) in [5, 5.41) is 0.568. The van der Waals surface area contributed by atoms with Gasteiger partial charge in [0.25, 0.3) is 5.91 Å². The summed E-state index contributed by atoms with van der Waals surface area (Å²) in [6.45, 7) is 4.17. The second-order valence-corrected chi connectivity index (χ2v) is 6.07. The van der Waals surface area contributed by atoms with Crippen molar-refractivity contribution in [3.63, 3.8) is 0 Å². The van der Waals surface area contributed by atoms with Crippen LogP contribution in [0.3, 0.4) is 0 Å². The number of aromatic nitrogens is 1. The van der Waals surface area contributed by atoms with Gasteiger partial charge in [0.2, 0.25) is 0 Å². The van der Waals surface area contributed by atoms with Gasteiger partial charge in [-0.3, -0.25) is 9.69 Å². The standard InChI is InChI=1S/C18H20ClN3O/c19-16-13-17(20-14-16)18(23)22-11-9-21(10-12-22)8-4-7-15-5-2-1-3-6-15/h1-7,13-14,20H,8-12H2/b7-4+. The SMILES string of the molecule is O=C(c1cc(Cl)c[nH]1)N1CCN(C/C=C/c2ccccc2)CC1. The molecule has 0 saturated carbocycles. The third-order valence-corrected chi connectivity index (χ3v) is 4.23. The fourth-order valence-electron chi connectivity index (χ4n) is 2.70. The number of carbonyl (C=O) groups excluding carboxylic acids is 1. The monoisotopic (exact) mass is 329 g/mol. The summed E-state index contributed by atoms with van der Waals surface area (Å²) in [5.41, 5.74) is 1.78. The van der Waals surface area contributed by atoms with Crippen LogP contribution in [-0.4, -0.2) is 53.4 Å². The Bertz CT molecular complexity index is 673. The molecule has 3 rings (SSSR count). The van der Waals surface area contributed by atoms with Crippen LogP contribution in [0.4, 0.5) is 0 Å². The highest BCUT2D eigenvalue weighted by Crippen LogP contribution is 2.13. The number of rotatable bonds is 4. The number of halogens is 1. The Morgan fingerprint density at radius 1 is 1.17 bits per heavy atom. The van der Waals surface area contributed by atoms with E-state index in [2.05, 4.69) is 34.2 Å². The molecule has 120 valence electrons. The predicted octanol–water partition coefficient (Wildman–Crippen LogP) is 3.14. The minimum atomic E-state index is 0.0244. The van der Waals surface area contributed by atoms with Gasteiger partial charge in [-0.15, -0.1) is 0 Å². The second kappa shape index (κ2) is 7.49. The largest absolute Gasteiger partial charge is 0.356 e. The van der Waals surface area contributed by atoms with Crippen molar-refractivity contribution in [3.8, 4) is 0 Å². The molecule has 1 aromatic carbocycles. The van der Waals surface area contributed by atoms with Crippen LogP contribution in [0.5, 0.6) is 0 Å². The summed E-state index contributed by atoms with van der Waals surface area (Å²) in [5.74, 6) is 0.0244. The van der Waals surface area contributed by atoms with E-state index in [0.29, 0.717) is 10.7 Å². The summed E-state index contributed by atoms with van der Waals surface area (Å²) < 4.78 is 0. The molecule has 4 nitrogen and oxygen atoms in total. The van der Waals surface area contributed by atoms with Crippen LogP contribution in [0, 0.1) is 0 Å². The summed E-state index contributed by atoms with van der Waals surface area (Å²) >= 11 is 5.86. The predicted molar refractivity (Wildman–Crippen MR) is 93.6 cm³/mol. The number of aromatic amines is 1. The van der Waals surface area contributed by atoms with Gasteiger partial charge in [-0.05, 0) is 11.6 Å². The number of hydrogen-bond acceptors (Lipinski definition) is 2. The molecule has 0 bridgehead atoms. The first-order valence-corrected chi connectivity index (χ1v) is 8.17. The molecule has 1 aromatic heterocycles. The molecule has 0 atom stereocenters. The van der Waals surface area contributed by atoms with Crippen LogP contribution in [-0.2, 0) is 0 Å². The van der Waals surface area contributed by atoms with Crippen molar-refractivity contribution in [1.29, 1.82) is 0 Å². The van der Waals surface area contributed by atoms with Crippen molar-refractivity contribution < 1.29 is 4.79 Å². The Morgan fingerprint density at radius 3 is 2.57 bits per heavy atom. The van der Waals surface area contributed by atoms with Gasteiger partial charge in [0.15, 0.2) is 0 Å². The average molecular weight is 330 g/mol. The van der Waals surface area contributed by atoms with Gasteiger partial charge in [-0.25, -0.2) is 0 Å². The van der Waals surface area contributed by atoms with Gasteiger partial charge in [0, 0.05) is 38.9 Å². The molecule has 1 aliphatic heterocycles. The number of carbonyl (C=O) groups is 1. The van der Waals surface area contributed by atoms with E-state index in [4.69, 9.17) is 11.6 Å². The molecule has 2 heterocycles. The third-order valence-electron chi connectivity index (χ3n) is 4.01. The van der Waals surface area contributed by atoms with E-state index in [9.17, 15) is 4.79 Å². The minimum absolute atomic E-state index is 0.0244. The Kier molecular flexibility index (Phi) is 5.16. The molecule has 1 saturated heterocycles. The molecule has 23 heavy (non-hydrogen) atoms. The number of benzene rings is 1. The lowest BCUT2D eigenvalue weighted by molar-refractivity contribution is 0.0645. The van der Waals surface area contributed by atoms with Crippen molar-refractivity contribution >= 4 is 23.6 Å². The first kappa shape index (κ1) is 15.8. The van der Waals surface area contributed by atoms with Crippen molar-refractivity contribution in [1.82, 2.24) is 14.8 Å². The molecule has 1 amide bonds. The highest BCUT2D eigenvalue weighted by atomic mass is 35.5. The average Bonchev–Trinajstić information content (AvgIpc) is 3.02. The highest BCUT2D eigenvalue weighted by Gasteiger charge is 2.22. The van der Waals surface area contributed by atoms with Gasteiger partial charge in [0.05, 0.1) is 5.02 Å². The summed E-state index contributed by atoms with van der Waals surface area (Å²) in [7, 11) is 0. The molecule has 1 N–H and O–H groups in total. The van der Waals surface area contributed by atoms with Crippen LogP contribution in [0.2, 0.25) is 5.02 Å². The number of piperazine rings is 1. The fraction of sp³-hybridized carbons (Fsp3) is 0.278. The second-order valence-electron chi connectivity index (χ2n) is 5.64. The maximum atomic E-state index is 12.3. The van der Waals surface area contributed by atoms with Gasteiger partial charge in [-0.1, -0.05) is 54.1 Å². The zero-order valence-corrected chi connectivity index (χ0v) is 13.7. The Balaban J connectivity index is 1.47. The van der Waals surface area contributed by atoms with E-state index in [1.807, 2.05) is 23.1 Å². The van der Waals surface area contributed by atoms with Crippen molar-refractivity contribution in [2.45, 2.75) is 0 Å². The van der Waals surface area contributed by atoms with Crippen molar-refractivity contribution in [2.75, 3.05) is 32.7 Å². The minimum Gasteiger partial charge on any atom is -0.356 e. The molecule has 0 spiro atoms. The summed E-state index contributed by atoms with van der Waals surface area (Å²) in [6.07, 6.45) is 5.95. The lowest BCUT2D eigenvalue weighted by Crippen LogP contribution is -2.48. The lowest BCUT2D eigenvalue weighted by Gasteiger charge is -2.33. The Hall–Kier alpha value is -2.04. The molecule has 0 aliphatic carbocycles. The summed E-state index contributed by atoms with van der Waals surface area (Å²) in [4.78, 5) is 19.5. The molecule has 5 heteroatoms.